The van der Waals surface area contributed by atoms with Gasteiger partial charge in [0.05, 0.1) is 18.7 Å². The molecule has 0 aromatic heterocycles. The molecule has 0 heterocycles. The quantitative estimate of drug-likeness (QED) is 0.588. The lowest BCUT2D eigenvalue weighted by molar-refractivity contribution is -0.146. The summed E-state index contributed by atoms with van der Waals surface area (Å²) in [5, 5.41) is 12.0. The van der Waals surface area contributed by atoms with Gasteiger partial charge in [0.25, 0.3) is 0 Å². The number of carbonyl (C=O) groups is 2. The Morgan fingerprint density at radius 2 is 2.15 bits per heavy atom. The molecular formula is C13H16ClNO4S. The third kappa shape index (κ3) is 5.40. The van der Waals surface area contributed by atoms with Crippen molar-refractivity contribution in [3.8, 4) is 0 Å². The van der Waals surface area contributed by atoms with Gasteiger partial charge in [0.1, 0.15) is 0 Å². The van der Waals surface area contributed by atoms with Crippen molar-refractivity contribution >= 4 is 35.2 Å². The average Bonchev–Trinajstić information content (AvgIpc) is 2.46. The van der Waals surface area contributed by atoms with Crippen molar-refractivity contribution in [3.05, 3.63) is 29.3 Å². The van der Waals surface area contributed by atoms with E-state index in [1.54, 1.807) is 6.07 Å². The largest absolute Gasteiger partial charge is 0.467 e. The molecule has 5 nitrogen and oxygen atoms in total. The number of amides is 1. The van der Waals surface area contributed by atoms with Gasteiger partial charge in [-0.15, -0.1) is 11.8 Å². The van der Waals surface area contributed by atoms with Crippen LogP contribution in [0.15, 0.2) is 29.2 Å². The van der Waals surface area contributed by atoms with E-state index in [1.165, 1.54) is 18.9 Å². The van der Waals surface area contributed by atoms with Crippen molar-refractivity contribution in [2.24, 2.45) is 0 Å². The molecule has 7 heteroatoms. The Bertz CT molecular complexity index is 469. The highest BCUT2D eigenvalue weighted by Gasteiger charge is 2.20. The smallest absolute Gasteiger partial charge is 0.330 e. The number of halogens is 1. The van der Waals surface area contributed by atoms with E-state index in [2.05, 4.69) is 10.1 Å². The molecule has 110 valence electrons. The highest BCUT2D eigenvalue weighted by molar-refractivity contribution is 7.99. The van der Waals surface area contributed by atoms with E-state index in [4.69, 9.17) is 16.7 Å². The molecule has 1 atom stereocenters. The van der Waals surface area contributed by atoms with Gasteiger partial charge in [0, 0.05) is 17.1 Å². The number of benzene rings is 1. The summed E-state index contributed by atoms with van der Waals surface area (Å²) in [7, 11) is 1.20. The summed E-state index contributed by atoms with van der Waals surface area (Å²) in [6, 6.07) is 6.34. The Morgan fingerprint density at radius 3 is 2.75 bits per heavy atom. The molecule has 0 aliphatic heterocycles. The predicted molar refractivity (Wildman–Crippen MR) is 77.8 cm³/mol. The van der Waals surface area contributed by atoms with E-state index in [1.807, 2.05) is 18.2 Å². The second-order valence-electron chi connectivity index (χ2n) is 3.85. The van der Waals surface area contributed by atoms with Crippen molar-refractivity contribution in [2.75, 3.05) is 19.5 Å². The molecule has 1 amide bonds. The summed E-state index contributed by atoms with van der Waals surface area (Å²) in [5.41, 5.74) is 0. The normalized spacial score (nSPS) is 11.8. The molecule has 0 saturated heterocycles. The second-order valence-corrected chi connectivity index (χ2v) is 5.40. The van der Waals surface area contributed by atoms with Crippen LogP contribution in [0.1, 0.15) is 6.42 Å². The maximum Gasteiger partial charge on any atom is 0.330 e. The number of thioether (sulfide) groups is 1. The molecule has 0 radical (unpaired) electrons. The third-order valence-electron chi connectivity index (χ3n) is 2.43. The van der Waals surface area contributed by atoms with Crippen molar-refractivity contribution in [1.29, 1.82) is 0 Å². The lowest BCUT2D eigenvalue weighted by Gasteiger charge is -2.13. The Hall–Kier alpha value is -1.24. The minimum Gasteiger partial charge on any atom is -0.467 e. The van der Waals surface area contributed by atoms with Crippen LogP contribution in [0.25, 0.3) is 0 Å². The maximum atomic E-state index is 11.6. The van der Waals surface area contributed by atoms with E-state index in [-0.39, 0.29) is 12.3 Å². The molecule has 2 N–H and O–H groups in total. The lowest BCUT2D eigenvalue weighted by Crippen LogP contribution is -2.44. The molecule has 0 aliphatic carbocycles. The molecule has 0 bridgehead atoms. The first-order chi connectivity index (χ1) is 9.58. The Kier molecular flexibility index (Phi) is 7.43. The van der Waals surface area contributed by atoms with Crippen LogP contribution in [-0.2, 0) is 14.3 Å². The predicted octanol–water partition coefficient (Wildman–Crippen LogP) is 1.47. The molecule has 1 unspecified atom stereocenters. The first-order valence-electron chi connectivity index (χ1n) is 5.94. The van der Waals surface area contributed by atoms with Crippen molar-refractivity contribution in [1.82, 2.24) is 5.32 Å². The number of aliphatic hydroxyl groups excluding tert-OH is 1. The Balaban J connectivity index is 2.37. The average molecular weight is 318 g/mol. The van der Waals surface area contributed by atoms with E-state index >= 15 is 0 Å². The van der Waals surface area contributed by atoms with Crippen LogP contribution in [-0.4, -0.2) is 42.5 Å². The number of hydrogen-bond acceptors (Lipinski definition) is 5. The number of rotatable bonds is 7. The molecule has 1 aromatic carbocycles. The summed E-state index contributed by atoms with van der Waals surface area (Å²) < 4.78 is 4.46. The first-order valence-corrected chi connectivity index (χ1v) is 7.30. The van der Waals surface area contributed by atoms with E-state index in [9.17, 15) is 9.59 Å². The summed E-state index contributed by atoms with van der Waals surface area (Å²) in [6.45, 7) is -0.490. The zero-order valence-corrected chi connectivity index (χ0v) is 12.5. The second kappa shape index (κ2) is 8.84. The number of nitrogens with one attached hydrogen (secondary N) is 1. The van der Waals surface area contributed by atoms with Crippen LogP contribution in [0, 0.1) is 0 Å². The molecule has 1 aromatic rings. The SMILES string of the molecule is COC(=O)C(CO)NC(=O)CCSc1ccccc1Cl. The van der Waals surface area contributed by atoms with E-state index < -0.39 is 18.6 Å². The molecule has 0 saturated carbocycles. The highest BCUT2D eigenvalue weighted by atomic mass is 35.5. The Labute approximate surface area is 126 Å². The van der Waals surface area contributed by atoms with Crippen molar-refractivity contribution in [3.63, 3.8) is 0 Å². The standard InChI is InChI=1S/C13H16ClNO4S/c1-19-13(18)10(8-16)15-12(17)6-7-20-11-5-3-2-4-9(11)14/h2-5,10,16H,6-8H2,1H3,(H,15,17). The van der Waals surface area contributed by atoms with Crippen molar-refractivity contribution < 1.29 is 19.4 Å². The van der Waals surface area contributed by atoms with E-state index in [0.29, 0.717) is 10.8 Å². The topological polar surface area (TPSA) is 75.6 Å². The third-order valence-corrected chi connectivity index (χ3v) is 3.94. The fraction of sp³-hybridized carbons (Fsp3) is 0.385. The van der Waals surface area contributed by atoms with Gasteiger partial charge in [-0.3, -0.25) is 4.79 Å². The van der Waals surface area contributed by atoms with Gasteiger partial charge in [-0.2, -0.15) is 0 Å². The zero-order chi connectivity index (χ0) is 15.0. The van der Waals surface area contributed by atoms with Gasteiger partial charge in [0.15, 0.2) is 6.04 Å². The number of hydrogen-bond donors (Lipinski definition) is 2. The number of esters is 1. The first kappa shape index (κ1) is 16.8. The highest BCUT2D eigenvalue weighted by Crippen LogP contribution is 2.26. The van der Waals surface area contributed by atoms with E-state index in [0.717, 1.165) is 4.90 Å². The number of methoxy groups -OCH3 is 1. The van der Waals surface area contributed by atoms with Gasteiger partial charge in [0.2, 0.25) is 5.91 Å². The zero-order valence-electron chi connectivity index (χ0n) is 11.0. The summed E-state index contributed by atoms with van der Waals surface area (Å²) >= 11 is 7.44. The van der Waals surface area contributed by atoms with Crippen LogP contribution in [0.4, 0.5) is 0 Å². The number of carbonyl (C=O) groups excluding carboxylic acids is 2. The van der Waals surface area contributed by atoms with Crippen LogP contribution in [0.3, 0.4) is 0 Å². The maximum absolute atomic E-state index is 11.6. The van der Waals surface area contributed by atoms with Gasteiger partial charge >= 0.3 is 5.97 Å². The molecule has 0 aliphatic rings. The van der Waals surface area contributed by atoms with Crippen molar-refractivity contribution in [2.45, 2.75) is 17.4 Å². The van der Waals surface area contributed by atoms with Gasteiger partial charge < -0.3 is 15.2 Å². The fourth-order valence-electron chi connectivity index (χ4n) is 1.40. The lowest BCUT2D eigenvalue weighted by atomic mass is 10.3. The number of aliphatic hydroxyl groups is 1. The molecule has 20 heavy (non-hydrogen) atoms. The summed E-state index contributed by atoms with van der Waals surface area (Å²) in [6.07, 6.45) is 0.212. The van der Waals surface area contributed by atoms with Crippen LogP contribution < -0.4 is 5.32 Å². The van der Waals surface area contributed by atoms with Gasteiger partial charge in [-0.25, -0.2) is 4.79 Å². The monoisotopic (exact) mass is 317 g/mol. The van der Waals surface area contributed by atoms with Crippen LogP contribution in [0.2, 0.25) is 5.02 Å². The number of ether oxygens (including phenoxy) is 1. The fourth-order valence-corrected chi connectivity index (χ4v) is 2.59. The van der Waals surface area contributed by atoms with Crippen LogP contribution in [0.5, 0.6) is 0 Å². The van der Waals surface area contributed by atoms with Gasteiger partial charge in [-0.05, 0) is 12.1 Å². The minimum absolute atomic E-state index is 0.212. The van der Waals surface area contributed by atoms with Gasteiger partial charge in [-0.1, -0.05) is 23.7 Å². The molecule has 0 fully saturated rings. The molecular weight excluding hydrogens is 302 g/mol. The molecule has 1 rings (SSSR count). The Morgan fingerprint density at radius 1 is 1.45 bits per heavy atom. The summed E-state index contributed by atoms with van der Waals surface area (Å²) in [4.78, 5) is 23.7. The summed E-state index contributed by atoms with van der Waals surface area (Å²) in [5.74, 6) is -0.469. The van der Waals surface area contributed by atoms with Crippen LogP contribution >= 0.6 is 23.4 Å². The molecule has 0 spiro atoms. The minimum atomic E-state index is -1.02.